The van der Waals surface area contributed by atoms with Crippen LogP contribution in [0.15, 0.2) is 61.1 Å². The first kappa shape index (κ1) is 17.8. The molecule has 2 aromatic heterocycles. The van der Waals surface area contributed by atoms with E-state index in [0.717, 1.165) is 6.42 Å². The summed E-state index contributed by atoms with van der Waals surface area (Å²) in [5.74, 6) is -0.0752. The zero-order valence-electron chi connectivity index (χ0n) is 14.9. The molecule has 0 unspecified atom stereocenters. The van der Waals surface area contributed by atoms with Crippen LogP contribution in [0.2, 0.25) is 0 Å². The standard InChI is InChI=1S/C20H18FN5O2/c21-16-4-2-13(3-5-16)19(27)23-12-15-10-17(15)25-20(28)14-6-8-22-18(11-14)26-9-1-7-24-26/h1-9,11,15,17H,10,12H2,(H,23,27)(H,25,28)/t15-,17-/m0/s1. The van der Waals surface area contributed by atoms with E-state index in [2.05, 4.69) is 20.7 Å². The molecule has 0 spiro atoms. The monoisotopic (exact) mass is 379 g/mol. The Morgan fingerprint density at radius 2 is 1.93 bits per heavy atom. The van der Waals surface area contributed by atoms with Gasteiger partial charge in [0.25, 0.3) is 11.8 Å². The number of hydrogen-bond acceptors (Lipinski definition) is 4. The molecule has 8 heteroatoms. The van der Waals surface area contributed by atoms with Gasteiger partial charge in [0.15, 0.2) is 5.82 Å². The van der Waals surface area contributed by atoms with Gasteiger partial charge < -0.3 is 10.6 Å². The quantitative estimate of drug-likeness (QED) is 0.685. The predicted octanol–water partition coefficient (Wildman–Crippen LogP) is 1.95. The van der Waals surface area contributed by atoms with Crippen molar-refractivity contribution in [1.29, 1.82) is 0 Å². The molecule has 2 atom stereocenters. The molecule has 0 aliphatic heterocycles. The number of rotatable bonds is 6. The summed E-state index contributed by atoms with van der Waals surface area (Å²) in [6, 6.07) is 10.5. The molecule has 1 aliphatic carbocycles. The maximum absolute atomic E-state index is 12.9. The van der Waals surface area contributed by atoms with Crippen molar-refractivity contribution in [2.45, 2.75) is 12.5 Å². The summed E-state index contributed by atoms with van der Waals surface area (Å²) >= 11 is 0. The Labute approximate surface area is 160 Å². The third-order valence-electron chi connectivity index (χ3n) is 4.62. The molecule has 7 nitrogen and oxygen atoms in total. The molecule has 2 N–H and O–H groups in total. The van der Waals surface area contributed by atoms with Gasteiger partial charge in [0.1, 0.15) is 5.82 Å². The second kappa shape index (κ2) is 7.59. The molecular weight excluding hydrogens is 361 g/mol. The highest BCUT2D eigenvalue weighted by molar-refractivity contribution is 5.95. The van der Waals surface area contributed by atoms with Gasteiger partial charge in [0.2, 0.25) is 0 Å². The minimum Gasteiger partial charge on any atom is -0.352 e. The van der Waals surface area contributed by atoms with Crippen LogP contribution in [0.5, 0.6) is 0 Å². The summed E-state index contributed by atoms with van der Waals surface area (Å²) in [7, 11) is 0. The number of amides is 2. The third kappa shape index (κ3) is 4.06. The average Bonchev–Trinajstić information content (AvgIpc) is 3.21. The summed E-state index contributed by atoms with van der Waals surface area (Å²) in [6.45, 7) is 0.454. The van der Waals surface area contributed by atoms with Crippen molar-refractivity contribution in [2.75, 3.05) is 6.54 Å². The molecular formula is C20H18FN5O2. The maximum atomic E-state index is 12.9. The van der Waals surface area contributed by atoms with Gasteiger partial charge >= 0.3 is 0 Å². The van der Waals surface area contributed by atoms with E-state index in [1.165, 1.54) is 24.3 Å². The lowest BCUT2D eigenvalue weighted by atomic mass is 10.2. The highest BCUT2D eigenvalue weighted by Gasteiger charge is 2.38. The lowest BCUT2D eigenvalue weighted by Gasteiger charge is -2.07. The molecule has 3 aromatic rings. The Balaban J connectivity index is 1.28. The van der Waals surface area contributed by atoms with Crippen LogP contribution in [-0.4, -0.2) is 39.2 Å². The van der Waals surface area contributed by atoms with Crippen LogP contribution in [-0.2, 0) is 0 Å². The van der Waals surface area contributed by atoms with Crippen LogP contribution in [0.1, 0.15) is 27.1 Å². The normalized spacial score (nSPS) is 17.8. The van der Waals surface area contributed by atoms with Crippen LogP contribution in [0.4, 0.5) is 4.39 Å². The Morgan fingerprint density at radius 3 is 2.68 bits per heavy atom. The van der Waals surface area contributed by atoms with E-state index in [1.54, 1.807) is 41.5 Å². The maximum Gasteiger partial charge on any atom is 0.251 e. The highest BCUT2D eigenvalue weighted by atomic mass is 19.1. The van der Waals surface area contributed by atoms with Gasteiger partial charge in [0, 0.05) is 42.3 Å². The first-order chi connectivity index (χ1) is 13.6. The number of benzene rings is 1. The van der Waals surface area contributed by atoms with Gasteiger partial charge in [-0.1, -0.05) is 0 Å². The van der Waals surface area contributed by atoms with E-state index >= 15 is 0 Å². The lowest BCUT2D eigenvalue weighted by molar-refractivity contribution is 0.0949. The molecule has 1 saturated carbocycles. The van der Waals surface area contributed by atoms with Crippen molar-refractivity contribution < 1.29 is 14.0 Å². The zero-order valence-corrected chi connectivity index (χ0v) is 14.9. The molecule has 0 radical (unpaired) electrons. The van der Waals surface area contributed by atoms with E-state index in [1.807, 2.05) is 0 Å². The third-order valence-corrected chi connectivity index (χ3v) is 4.62. The van der Waals surface area contributed by atoms with Crippen molar-refractivity contribution in [3.8, 4) is 5.82 Å². The zero-order chi connectivity index (χ0) is 19.5. The molecule has 0 bridgehead atoms. The van der Waals surface area contributed by atoms with E-state index in [0.29, 0.717) is 23.5 Å². The molecule has 1 aromatic carbocycles. The SMILES string of the molecule is O=C(NC[C@@H]1C[C@@H]1NC(=O)c1ccnc(-n2cccn2)c1)c1ccc(F)cc1. The molecule has 28 heavy (non-hydrogen) atoms. The number of pyridine rings is 1. The summed E-state index contributed by atoms with van der Waals surface area (Å²) < 4.78 is 14.5. The summed E-state index contributed by atoms with van der Waals surface area (Å²) in [4.78, 5) is 28.7. The topological polar surface area (TPSA) is 88.9 Å². The van der Waals surface area contributed by atoms with Crippen LogP contribution in [0, 0.1) is 11.7 Å². The first-order valence-electron chi connectivity index (χ1n) is 8.91. The second-order valence-electron chi connectivity index (χ2n) is 6.65. The Bertz CT molecular complexity index is 988. The smallest absolute Gasteiger partial charge is 0.251 e. The van der Waals surface area contributed by atoms with Gasteiger partial charge in [-0.2, -0.15) is 5.10 Å². The molecule has 1 fully saturated rings. The number of carbonyl (C=O) groups is 2. The minimum atomic E-state index is -0.381. The van der Waals surface area contributed by atoms with Gasteiger partial charge in [-0.3, -0.25) is 9.59 Å². The van der Waals surface area contributed by atoms with Gasteiger partial charge in [-0.05, 0) is 54.8 Å². The van der Waals surface area contributed by atoms with Crippen molar-refractivity contribution in [2.24, 2.45) is 5.92 Å². The molecule has 4 rings (SSSR count). The van der Waals surface area contributed by atoms with E-state index in [4.69, 9.17) is 0 Å². The average molecular weight is 379 g/mol. The largest absolute Gasteiger partial charge is 0.352 e. The highest BCUT2D eigenvalue weighted by Crippen LogP contribution is 2.29. The van der Waals surface area contributed by atoms with Crippen molar-refractivity contribution in [1.82, 2.24) is 25.4 Å². The number of carbonyl (C=O) groups excluding carboxylic acids is 2. The molecule has 0 saturated heterocycles. The second-order valence-corrected chi connectivity index (χ2v) is 6.65. The predicted molar refractivity (Wildman–Crippen MR) is 99.5 cm³/mol. The fourth-order valence-corrected chi connectivity index (χ4v) is 2.92. The Kier molecular flexibility index (Phi) is 4.84. The van der Waals surface area contributed by atoms with Gasteiger partial charge in [-0.25, -0.2) is 14.1 Å². The number of halogens is 1. The minimum absolute atomic E-state index is 0.0161. The van der Waals surface area contributed by atoms with Crippen molar-refractivity contribution >= 4 is 11.8 Å². The van der Waals surface area contributed by atoms with E-state index in [-0.39, 0.29) is 29.6 Å². The number of hydrogen-bond donors (Lipinski definition) is 2. The van der Waals surface area contributed by atoms with E-state index < -0.39 is 0 Å². The Morgan fingerprint density at radius 1 is 1.11 bits per heavy atom. The number of aromatic nitrogens is 3. The molecule has 2 amide bonds. The fourth-order valence-electron chi connectivity index (χ4n) is 2.92. The van der Waals surface area contributed by atoms with E-state index in [9.17, 15) is 14.0 Å². The molecule has 142 valence electrons. The summed E-state index contributed by atoms with van der Waals surface area (Å²) in [5, 5.41) is 9.89. The molecule has 2 heterocycles. The van der Waals surface area contributed by atoms with Crippen molar-refractivity contribution in [3.05, 3.63) is 78.0 Å². The summed E-state index contributed by atoms with van der Waals surface area (Å²) in [6.07, 6.45) is 5.76. The number of nitrogens with zero attached hydrogens (tertiary/aromatic N) is 3. The first-order valence-corrected chi connectivity index (χ1v) is 8.91. The van der Waals surface area contributed by atoms with Crippen molar-refractivity contribution in [3.63, 3.8) is 0 Å². The van der Waals surface area contributed by atoms with Gasteiger partial charge in [-0.15, -0.1) is 0 Å². The van der Waals surface area contributed by atoms with Gasteiger partial charge in [0.05, 0.1) is 0 Å². The van der Waals surface area contributed by atoms with Crippen LogP contribution in [0.3, 0.4) is 0 Å². The fraction of sp³-hybridized carbons (Fsp3) is 0.200. The number of nitrogens with one attached hydrogen (secondary N) is 2. The van der Waals surface area contributed by atoms with Crippen LogP contribution >= 0.6 is 0 Å². The Hall–Kier alpha value is -3.55. The van der Waals surface area contributed by atoms with Crippen LogP contribution in [0.25, 0.3) is 5.82 Å². The lowest BCUT2D eigenvalue weighted by Crippen LogP contribution is -2.31. The summed E-state index contributed by atoms with van der Waals surface area (Å²) in [5.41, 5.74) is 0.909. The molecule has 1 aliphatic rings. The van der Waals surface area contributed by atoms with Crippen LogP contribution < -0.4 is 10.6 Å².